The standard InChI is InChI=1S/C17H24BrN3O3.HI/c1-12-10-21(11-15(12)16(22)23-3)17(19-2)20-7-8-24-14-6-4-5-13(18)9-14;/h4-6,9,12,15H,7-8,10-11H2,1-3H3,(H,19,20);1H. The Hall–Kier alpha value is -1.03. The van der Waals surface area contributed by atoms with Crippen LogP contribution in [0.15, 0.2) is 33.7 Å². The van der Waals surface area contributed by atoms with E-state index in [9.17, 15) is 4.79 Å². The number of esters is 1. The highest BCUT2D eigenvalue weighted by Gasteiger charge is 2.36. The molecule has 8 heteroatoms. The number of likely N-dealkylation sites (tertiary alicyclic amines) is 1. The van der Waals surface area contributed by atoms with Gasteiger partial charge in [0.25, 0.3) is 0 Å². The van der Waals surface area contributed by atoms with Crippen LogP contribution in [-0.4, -0.2) is 57.2 Å². The third-order valence-electron chi connectivity index (χ3n) is 4.08. The number of carbonyl (C=O) groups is 1. The number of guanidine groups is 1. The van der Waals surface area contributed by atoms with Crippen molar-refractivity contribution in [1.82, 2.24) is 10.2 Å². The lowest BCUT2D eigenvalue weighted by Gasteiger charge is -2.21. The molecule has 2 rings (SSSR count). The Kier molecular flexibility index (Phi) is 9.55. The van der Waals surface area contributed by atoms with Gasteiger partial charge in [-0.05, 0) is 24.1 Å². The third-order valence-corrected chi connectivity index (χ3v) is 4.57. The van der Waals surface area contributed by atoms with Crippen molar-refractivity contribution in [3.8, 4) is 5.75 Å². The van der Waals surface area contributed by atoms with Crippen molar-refractivity contribution in [2.24, 2.45) is 16.8 Å². The highest BCUT2D eigenvalue weighted by atomic mass is 127. The molecule has 140 valence electrons. The molecule has 0 aliphatic carbocycles. The molecule has 1 saturated heterocycles. The Balaban J connectivity index is 0.00000312. The minimum absolute atomic E-state index is 0. The number of nitrogens with one attached hydrogen (secondary N) is 1. The summed E-state index contributed by atoms with van der Waals surface area (Å²) < 4.78 is 11.6. The number of benzene rings is 1. The molecule has 1 fully saturated rings. The minimum atomic E-state index is -0.154. The predicted octanol–water partition coefficient (Wildman–Crippen LogP) is 2.76. The van der Waals surface area contributed by atoms with E-state index in [1.165, 1.54) is 7.11 Å². The molecular formula is C17H25BrIN3O3. The van der Waals surface area contributed by atoms with E-state index in [-0.39, 0.29) is 41.8 Å². The van der Waals surface area contributed by atoms with E-state index in [1.807, 2.05) is 24.3 Å². The quantitative estimate of drug-likeness (QED) is 0.210. The van der Waals surface area contributed by atoms with Crippen molar-refractivity contribution in [3.63, 3.8) is 0 Å². The van der Waals surface area contributed by atoms with E-state index in [1.54, 1.807) is 7.05 Å². The first kappa shape index (κ1) is 22.0. The molecule has 0 radical (unpaired) electrons. The summed E-state index contributed by atoms with van der Waals surface area (Å²) in [5, 5.41) is 3.28. The summed E-state index contributed by atoms with van der Waals surface area (Å²) in [5.74, 6) is 1.59. The van der Waals surface area contributed by atoms with Crippen LogP contribution in [0.5, 0.6) is 5.75 Å². The van der Waals surface area contributed by atoms with Gasteiger partial charge < -0.3 is 19.7 Å². The van der Waals surface area contributed by atoms with Gasteiger partial charge in [0, 0.05) is 24.6 Å². The maximum atomic E-state index is 11.8. The van der Waals surface area contributed by atoms with Crippen LogP contribution < -0.4 is 10.1 Å². The van der Waals surface area contributed by atoms with E-state index in [0.29, 0.717) is 19.7 Å². The lowest BCUT2D eigenvalue weighted by molar-refractivity contribution is -0.145. The fourth-order valence-electron chi connectivity index (χ4n) is 2.82. The van der Waals surface area contributed by atoms with E-state index in [4.69, 9.17) is 9.47 Å². The first-order valence-electron chi connectivity index (χ1n) is 7.97. The number of hydrogen-bond donors (Lipinski definition) is 1. The van der Waals surface area contributed by atoms with Crippen LogP contribution in [0.1, 0.15) is 6.92 Å². The van der Waals surface area contributed by atoms with Gasteiger partial charge in [0.1, 0.15) is 12.4 Å². The summed E-state index contributed by atoms with van der Waals surface area (Å²) in [6, 6.07) is 7.74. The maximum Gasteiger partial charge on any atom is 0.310 e. The summed E-state index contributed by atoms with van der Waals surface area (Å²) in [5.41, 5.74) is 0. The van der Waals surface area contributed by atoms with Crippen LogP contribution >= 0.6 is 39.9 Å². The van der Waals surface area contributed by atoms with Gasteiger partial charge in [0.2, 0.25) is 0 Å². The first-order chi connectivity index (χ1) is 11.5. The Morgan fingerprint density at radius 3 is 2.84 bits per heavy atom. The zero-order valence-corrected chi connectivity index (χ0v) is 18.6. The lowest BCUT2D eigenvalue weighted by atomic mass is 9.99. The van der Waals surface area contributed by atoms with Gasteiger partial charge >= 0.3 is 5.97 Å². The highest BCUT2D eigenvalue weighted by molar-refractivity contribution is 14.0. The number of ether oxygens (including phenoxy) is 2. The van der Waals surface area contributed by atoms with Crippen molar-refractivity contribution < 1.29 is 14.3 Å². The second-order valence-corrected chi connectivity index (χ2v) is 6.71. The van der Waals surface area contributed by atoms with Crippen molar-refractivity contribution >= 4 is 51.8 Å². The van der Waals surface area contributed by atoms with Gasteiger partial charge in [0.05, 0.1) is 19.6 Å². The maximum absolute atomic E-state index is 11.8. The zero-order valence-electron chi connectivity index (χ0n) is 14.7. The first-order valence-corrected chi connectivity index (χ1v) is 8.76. The Bertz CT molecular complexity index is 600. The number of aliphatic imine (C=N–C) groups is 1. The van der Waals surface area contributed by atoms with Crippen LogP contribution in [0.3, 0.4) is 0 Å². The summed E-state index contributed by atoms with van der Waals surface area (Å²) in [6.07, 6.45) is 0. The number of methoxy groups -OCH3 is 1. The van der Waals surface area contributed by atoms with Gasteiger partial charge in [-0.25, -0.2) is 0 Å². The summed E-state index contributed by atoms with van der Waals surface area (Å²) in [6.45, 7) is 4.63. The van der Waals surface area contributed by atoms with Crippen molar-refractivity contribution in [3.05, 3.63) is 28.7 Å². The number of nitrogens with zero attached hydrogens (tertiary/aromatic N) is 2. The number of hydrogen-bond acceptors (Lipinski definition) is 4. The van der Waals surface area contributed by atoms with Crippen molar-refractivity contribution in [2.75, 3.05) is 40.4 Å². The molecule has 0 saturated carbocycles. The fraction of sp³-hybridized carbons (Fsp3) is 0.529. The summed E-state index contributed by atoms with van der Waals surface area (Å²) in [7, 11) is 3.18. The molecular weight excluding hydrogens is 501 g/mol. The minimum Gasteiger partial charge on any atom is -0.492 e. The largest absolute Gasteiger partial charge is 0.492 e. The molecule has 1 aromatic carbocycles. The normalized spacial score (nSPS) is 20.0. The number of carbonyl (C=O) groups excluding carboxylic acids is 1. The molecule has 0 spiro atoms. The van der Waals surface area contributed by atoms with Crippen molar-refractivity contribution in [2.45, 2.75) is 6.92 Å². The van der Waals surface area contributed by atoms with Crippen LogP contribution in [0, 0.1) is 11.8 Å². The van der Waals surface area contributed by atoms with Gasteiger partial charge in [-0.3, -0.25) is 9.79 Å². The van der Waals surface area contributed by atoms with Crippen LogP contribution in [0.4, 0.5) is 0 Å². The Labute approximate surface area is 174 Å². The molecule has 25 heavy (non-hydrogen) atoms. The monoisotopic (exact) mass is 525 g/mol. The third kappa shape index (κ3) is 6.32. The predicted molar refractivity (Wildman–Crippen MR) is 113 cm³/mol. The van der Waals surface area contributed by atoms with Gasteiger partial charge in [-0.1, -0.05) is 28.9 Å². The summed E-state index contributed by atoms with van der Waals surface area (Å²) in [4.78, 5) is 18.2. The van der Waals surface area contributed by atoms with Gasteiger partial charge in [-0.15, -0.1) is 24.0 Å². The van der Waals surface area contributed by atoms with Crippen molar-refractivity contribution in [1.29, 1.82) is 0 Å². The molecule has 0 amide bonds. The average Bonchev–Trinajstić information content (AvgIpc) is 2.96. The molecule has 6 nitrogen and oxygen atoms in total. The zero-order chi connectivity index (χ0) is 17.5. The van der Waals surface area contributed by atoms with Crippen LogP contribution in [-0.2, 0) is 9.53 Å². The van der Waals surface area contributed by atoms with E-state index >= 15 is 0 Å². The SMILES string of the molecule is CN=C(NCCOc1cccc(Br)c1)N1CC(C)C(C(=O)OC)C1.I. The molecule has 1 aliphatic rings. The fourth-order valence-corrected chi connectivity index (χ4v) is 3.20. The Morgan fingerprint density at radius 2 is 2.20 bits per heavy atom. The molecule has 2 atom stereocenters. The molecule has 1 aromatic rings. The van der Waals surface area contributed by atoms with Gasteiger partial charge in [0.15, 0.2) is 5.96 Å². The molecule has 0 bridgehead atoms. The Morgan fingerprint density at radius 1 is 1.44 bits per heavy atom. The van der Waals surface area contributed by atoms with Gasteiger partial charge in [-0.2, -0.15) is 0 Å². The molecule has 1 aliphatic heterocycles. The molecule has 0 aromatic heterocycles. The number of halogens is 2. The van der Waals surface area contributed by atoms with Crippen LogP contribution in [0.25, 0.3) is 0 Å². The van der Waals surface area contributed by atoms with Crippen LogP contribution in [0.2, 0.25) is 0 Å². The summed E-state index contributed by atoms with van der Waals surface area (Å²) >= 11 is 3.42. The smallest absolute Gasteiger partial charge is 0.310 e. The van der Waals surface area contributed by atoms with E-state index in [0.717, 1.165) is 22.7 Å². The molecule has 1 N–H and O–H groups in total. The average molecular weight is 526 g/mol. The van der Waals surface area contributed by atoms with E-state index in [2.05, 4.69) is 38.1 Å². The highest BCUT2D eigenvalue weighted by Crippen LogP contribution is 2.24. The second-order valence-electron chi connectivity index (χ2n) is 5.79. The number of rotatable bonds is 5. The van der Waals surface area contributed by atoms with E-state index < -0.39 is 0 Å². The molecule has 1 heterocycles. The second kappa shape index (κ2) is 10.8. The molecule has 2 unspecified atom stereocenters. The topological polar surface area (TPSA) is 63.2 Å². The lowest BCUT2D eigenvalue weighted by Crippen LogP contribution is -2.42.